The minimum atomic E-state index is 0.181. The van der Waals surface area contributed by atoms with Crippen molar-refractivity contribution in [1.82, 2.24) is 19.2 Å². The molecule has 0 spiro atoms. The molecule has 27 heavy (non-hydrogen) atoms. The molecule has 3 aromatic rings. The van der Waals surface area contributed by atoms with Gasteiger partial charge >= 0.3 is 0 Å². The number of piperidine rings is 1. The van der Waals surface area contributed by atoms with Crippen LogP contribution in [0.5, 0.6) is 0 Å². The van der Waals surface area contributed by atoms with Crippen molar-refractivity contribution < 1.29 is 4.79 Å². The predicted octanol–water partition coefficient (Wildman–Crippen LogP) is 4.76. The number of fused-ring (bicyclic) bond motifs is 1. The van der Waals surface area contributed by atoms with Crippen LogP contribution in [0.25, 0.3) is 21.5 Å². The molecule has 2 aromatic heterocycles. The Balaban J connectivity index is 1.53. The minimum absolute atomic E-state index is 0.181. The molecule has 1 aromatic carbocycles. The number of rotatable bonds is 4. The molecule has 0 saturated carbocycles. The van der Waals surface area contributed by atoms with E-state index in [1.54, 1.807) is 6.33 Å². The van der Waals surface area contributed by atoms with Crippen LogP contribution in [0, 0.1) is 5.92 Å². The van der Waals surface area contributed by atoms with Crippen LogP contribution in [-0.2, 0) is 4.79 Å². The Morgan fingerprint density at radius 2 is 2.15 bits per heavy atom. The summed E-state index contributed by atoms with van der Waals surface area (Å²) >= 11 is 8.82. The van der Waals surface area contributed by atoms with Crippen LogP contribution in [0.1, 0.15) is 19.8 Å². The highest BCUT2D eigenvalue weighted by atomic mass is 35.5. The van der Waals surface area contributed by atoms with Crippen molar-refractivity contribution in [2.24, 2.45) is 5.92 Å². The third-order valence-corrected chi connectivity index (χ3v) is 6.88. The molecule has 3 heterocycles. The smallest absolute Gasteiger partial charge is 0.232 e. The Hall–Kier alpha value is -1.70. The fourth-order valence-electron chi connectivity index (χ4n) is 3.28. The largest absolute Gasteiger partial charge is 0.342 e. The summed E-state index contributed by atoms with van der Waals surface area (Å²) in [5, 5.41) is 1.51. The molecule has 140 valence electrons. The summed E-state index contributed by atoms with van der Waals surface area (Å²) in [7, 11) is 0. The molecule has 1 fully saturated rings. The first-order valence-electron chi connectivity index (χ1n) is 8.88. The lowest BCUT2D eigenvalue weighted by molar-refractivity contribution is -0.130. The molecule has 0 N–H and O–H groups in total. The molecule has 1 aliphatic heterocycles. The van der Waals surface area contributed by atoms with Crippen molar-refractivity contribution in [3.8, 4) is 11.3 Å². The van der Waals surface area contributed by atoms with E-state index in [-0.39, 0.29) is 5.91 Å². The summed E-state index contributed by atoms with van der Waals surface area (Å²) in [6.07, 6.45) is 3.85. The van der Waals surface area contributed by atoms with Crippen molar-refractivity contribution in [2.75, 3.05) is 18.8 Å². The number of nitrogens with zero attached hydrogens (tertiary/aromatic N) is 4. The van der Waals surface area contributed by atoms with E-state index >= 15 is 0 Å². The van der Waals surface area contributed by atoms with Gasteiger partial charge in [0.1, 0.15) is 27.3 Å². The van der Waals surface area contributed by atoms with Gasteiger partial charge in [-0.2, -0.15) is 4.37 Å². The maximum absolute atomic E-state index is 12.5. The number of hydrogen-bond donors (Lipinski definition) is 0. The molecule has 1 saturated heterocycles. The zero-order chi connectivity index (χ0) is 18.8. The van der Waals surface area contributed by atoms with Crippen LogP contribution >= 0.6 is 34.9 Å². The van der Waals surface area contributed by atoms with Gasteiger partial charge < -0.3 is 4.90 Å². The second-order valence-corrected chi connectivity index (χ2v) is 8.94. The highest BCUT2D eigenvalue weighted by molar-refractivity contribution is 8.00. The van der Waals surface area contributed by atoms with Crippen LogP contribution < -0.4 is 0 Å². The number of thioether (sulfide) groups is 1. The van der Waals surface area contributed by atoms with Gasteiger partial charge in [0.2, 0.25) is 5.91 Å². The van der Waals surface area contributed by atoms with E-state index in [1.165, 1.54) is 29.7 Å². The molecular formula is C19H19ClN4OS2. The Kier molecular flexibility index (Phi) is 5.61. The zero-order valence-electron chi connectivity index (χ0n) is 14.9. The molecular weight excluding hydrogens is 400 g/mol. The first-order valence-corrected chi connectivity index (χ1v) is 11.0. The number of carbonyl (C=O) groups excluding carboxylic acids is 1. The number of hydrogen-bond acceptors (Lipinski definition) is 6. The average molecular weight is 419 g/mol. The normalized spacial score (nSPS) is 17.4. The lowest BCUT2D eigenvalue weighted by Crippen LogP contribution is -2.40. The summed E-state index contributed by atoms with van der Waals surface area (Å²) in [4.78, 5) is 23.3. The second-order valence-electron chi connectivity index (χ2n) is 6.77. The number of aromatic nitrogens is 3. The number of amides is 1. The Bertz CT molecular complexity index is 960. The van der Waals surface area contributed by atoms with Gasteiger partial charge in [-0.25, -0.2) is 9.97 Å². The summed E-state index contributed by atoms with van der Waals surface area (Å²) < 4.78 is 5.49. The monoisotopic (exact) mass is 418 g/mol. The molecule has 1 aliphatic rings. The summed E-state index contributed by atoms with van der Waals surface area (Å²) in [6, 6.07) is 7.56. The van der Waals surface area contributed by atoms with Crippen LogP contribution in [0.2, 0.25) is 5.02 Å². The maximum Gasteiger partial charge on any atom is 0.232 e. The van der Waals surface area contributed by atoms with E-state index < -0.39 is 0 Å². The summed E-state index contributed by atoms with van der Waals surface area (Å²) in [5.41, 5.74) is 2.62. The molecule has 0 aliphatic carbocycles. The SMILES string of the molecule is C[C@@H]1CCCN(C(=O)CSc2ncnc3c(-c4ccc(Cl)cc4)nsc23)C1. The van der Waals surface area contributed by atoms with Crippen molar-refractivity contribution in [3.63, 3.8) is 0 Å². The topological polar surface area (TPSA) is 59.0 Å². The molecule has 1 amide bonds. The standard InChI is InChI=1S/C19H19ClN4OS2/c1-12-3-2-8-24(9-12)15(25)10-26-19-18-17(21-11-22-19)16(23-27-18)13-4-6-14(20)7-5-13/h4-7,11-12H,2-3,8-10H2,1H3/t12-/m1/s1. The van der Waals surface area contributed by atoms with Crippen molar-refractivity contribution in [2.45, 2.75) is 24.8 Å². The molecule has 8 heteroatoms. The third-order valence-electron chi connectivity index (χ3n) is 4.68. The van der Waals surface area contributed by atoms with Gasteiger partial charge in [-0.15, -0.1) is 0 Å². The Morgan fingerprint density at radius 1 is 1.33 bits per heavy atom. The van der Waals surface area contributed by atoms with E-state index in [1.807, 2.05) is 29.2 Å². The summed E-state index contributed by atoms with van der Waals surface area (Å²) in [5.74, 6) is 1.16. The van der Waals surface area contributed by atoms with Crippen LogP contribution in [0.15, 0.2) is 35.6 Å². The summed E-state index contributed by atoms with van der Waals surface area (Å²) in [6.45, 7) is 3.93. The lowest BCUT2D eigenvalue weighted by Gasteiger charge is -2.30. The van der Waals surface area contributed by atoms with Gasteiger partial charge in [0.05, 0.1) is 5.75 Å². The molecule has 1 atom stereocenters. The quantitative estimate of drug-likeness (QED) is 0.451. The van der Waals surface area contributed by atoms with Gasteiger partial charge in [-0.05, 0) is 42.4 Å². The van der Waals surface area contributed by atoms with Crippen molar-refractivity contribution in [3.05, 3.63) is 35.6 Å². The van der Waals surface area contributed by atoms with E-state index in [0.717, 1.165) is 46.0 Å². The number of halogens is 1. The number of benzene rings is 1. The molecule has 5 nitrogen and oxygen atoms in total. The molecule has 0 unspecified atom stereocenters. The predicted molar refractivity (Wildman–Crippen MR) is 111 cm³/mol. The number of carbonyl (C=O) groups is 1. The number of likely N-dealkylation sites (tertiary alicyclic amines) is 1. The fourth-order valence-corrected chi connectivity index (χ4v) is 5.23. The maximum atomic E-state index is 12.5. The molecule has 4 rings (SSSR count). The van der Waals surface area contributed by atoms with E-state index in [4.69, 9.17) is 11.6 Å². The first-order chi connectivity index (χ1) is 13.1. The van der Waals surface area contributed by atoms with Gasteiger partial charge in [-0.1, -0.05) is 42.4 Å². The van der Waals surface area contributed by atoms with Gasteiger partial charge in [0, 0.05) is 23.7 Å². The minimum Gasteiger partial charge on any atom is -0.342 e. The van der Waals surface area contributed by atoms with Gasteiger partial charge in [-0.3, -0.25) is 4.79 Å². The van der Waals surface area contributed by atoms with Crippen LogP contribution in [0.4, 0.5) is 0 Å². The Labute approximate surface area is 171 Å². The highest BCUT2D eigenvalue weighted by Crippen LogP contribution is 2.34. The molecule has 0 radical (unpaired) electrons. The van der Waals surface area contributed by atoms with Crippen LogP contribution in [-0.4, -0.2) is 44.0 Å². The Morgan fingerprint density at radius 3 is 2.93 bits per heavy atom. The van der Waals surface area contributed by atoms with E-state index in [9.17, 15) is 4.79 Å². The van der Waals surface area contributed by atoms with Gasteiger partial charge in [0.25, 0.3) is 0 Å². The van der Waals surface area contributed by atoms with Crippen molar-refractivity contribution in [1.29, 1.82) is 0 Å². The van der Waals surface area contributed by atoms with E-state index in [0.29, 0.717) is 16.7 Å². The lowest BCUT2D eigenvalue weighted by atomic mass is 10.0. The zero-order valence-corrected chi connectivity index (χ0v) is 17.3. The highest BCUT2D eigenvalue weighted by Gasteiger charge is 2.22. The van der Waals surface area contributed by atoms with Crippen molar-refractivity contribution >= 4 is 51.0 Å². The van der Waals surface area contributed by atoms with Gasteiger partial charge in [0.15, 0.2) is 0 Å². The third kappa shape index (κ3) is 4.10. The van der Waals surface area contributed by atoms with Crippen LogP contribution in [0.3, 0.4) is 0 Å². The first kappa shape index (κ1) is 18.7. The second kappa shape index (κ2) is 8.12. The van der Waals surface area contributed by atoms with E-state index in [2.05, 4.69) is 21.3 Å². The average Bonchev–Trinajstić information content (AvgIpc) is 3.11. The molecule has 0 bridgehead atoms. The fraction of sp³-hybridized carbons (Fsp3) is 0.368.